The maximum Gasteiger partial charge on any atom is 0.389 e. The van der Waals surface area contributed by atoms with Crippen LogP contribution in [0, 0.1) is 30.5 Å². The normalized spacial score (nSPS) is 20.0. The Morgan fingerprint density at radius 2 is 1.83 bits per heavy atom. The van der Waals surface area contributed by atoms with Crippen molar-refractivity contribution in [2.24, 2.45) is 28.5 Å². The molecule has 13 heteroatoms. The summed E-state index contributed by atoms with van der Waals surface area (Å²) in [5.74, 6) is -10.5. The largest absolute Gasteiger partial charge is 0.389 e. The number of rotatable bonds is 9. The van der Waals surface area contributed by atoms with Gasteiger partial charge in [-0.3, -0.25) is 14.4 Å². The molecule has 2 aromatic rings. The second-order valence-corrected chi connectivity index (χ2v) is 10.5. The number of primary amides is 1. The Hall–Kier alpha value is -3.90. The number of halogens is 6. The Kier molecular flexibility index (Phi) is 8.46. The Bertz CT molecular complexity index is 1370. The molecule has 4 N–H and O–H groups in total. The van der Waals surface area contributed by atoms with Gasteiger partial charge in [-0.15, -0.1) is 0 Å². The fourth-order valence-corrected chi connectivity index (χ4v) is 5.31. The van der Waals surface area contributed by atoms with E-state index in [9.17, 15) is 40.7 Å². The summed E-state index contributed by atoms with van der Waals surface area (Å²) in [5.41, 5.74) is 7.22. The Labute approximate surface area is 231 Å². The van der Waals surface area contributed by atoms with E-state index in [1.807, 2.05) is 0 Å². The van der Waals surface area contributed by atoms with Crippen molar-refractivity contribution >= 4 is 29.1 Å². The molecule has 0 bridgehead atoms. The molecule has 7 nitrogen and oxygen atoms in total. The quantitative estimate of drug-likeness (QED) is 0.367. The lowest BCUT2D eigenvalue weighted by atomic mass is 9.72. The van der Waals surface area contributed by atoms with Crippen LogP contribution in [0.4, 0.5) is 32.0 Å². The molecule has 4 rings (SSSR count). The number of alkyl halides is 5. The van der Waals surface area contributed by atoms with Crippen molar-refractivity contribution in [3.8, 4) is 0 Å². The van der Waals surface area contributed by atoms with Crippen LogP contribution in [0.15, 0.2) is 47.5 Å². The highest BCUT2D eigenvalue weighted by molar-refractivity contribution is 6.20. The SMILES string of the molecule is Cc1cccc2c1NC(=O)C(NC(=O)C(CCC(F)(F)F)C(CC1CC(F)(F)C1)C(N)=O)N=C2c1cccc(F)c1. The molecule has 1 heterocycles. The van der Waals surface area contributed by atoms with Gasteiger partial charge in [-0.05, 0) is 43.4 Å². The number of anilines is 1. The number of carbonyl (C=O) groups is 3. The molecule has 1 saturated carbocycles. The smallest absolute Gasteiger partial charge is 0.369 e. The molecule has 3 amide bonds. The van der Waals surface area contributed by atoms with E-state index in [2.05, 4.69) is 15.6 Å². The van der Waals surface area contributed by atoms with E-state index in [0.29, 0.717) is 16.8 Å². The number of aryl methyl sites for hydroxylation is 1. The molecule has 2 aliphatic rings. The molecule has 0 spiro atoms. The highest BCUT2D eigenvalue weighted by atomic mass is 19.4. The number of benzene rings is 2. The summed E-state index contributed by atoms with van der Waals surface area (Å²) in [6.45, 7) is 1.70. The monoisotopic (exact) mass is 582 g/mol. The number of carbonyl (C=O) groups excluding carboxylic acids is 3. The van der Waals surface area contributed by atoms with Crippen LogP contribution in [-0.2, 0) is 14.4 Å². The Balaban J connectivity index is 1.68. The number of fused-ring (bicyclic) bond motifs is 1. The average molecular weight is 583 g/mol. The zero-order chi connectivity index (χ0) is 30.1. The van der Waals surface area contributed by atoms with Gasteiger partial charge in [-0.2, -0.15) is 13.2 Å². The first-order valence-corrected chi connectivity index (χ1v) is 12.9. The van der Waals surface area contributed by atoms with Crippen LogP contribution in [0.2, 0.25) is 0 Å². The van der Waals surface area contributed by atoms with Crippen molar-refractivity contribution in [1.29, 1.82) is 0 Å². The lowest BCUT2D eigenvalue weighted by Crippen LogP contribution is -2.49. The Morgan fingerprint density at radius 3 is 2.44 bits per heavy atom. The molecule has 220 valence electrons. The van der Waals surface area contributed by atoms with Crippen LogP contribution in [-0.4, -0.2) is 41.7 Å². The van der Waals surface area contributed by atoms with Crippen LogP contribution in [0.3, 0.4) is 0 Å². The minimum Gasteiger partial charge on any atom is -0.369 e. The second-order valence-electron chi connectivity index (χ2n) is 10.5. The third kappa shape index (κ3) is 7.25. The van der Waals surface area contributed by atoms with E-state index < -0.39 is 85.2 Å². The minimum absolute atomic E-state index is 0.127. The van der Waals surface area contributed by atoms with E-state index in [0.717, 1.165) is 0 Å². The molecule has 0 aromatic heterocycles. The molecule has 0 radical (unpaired) electrons. The van der Waals surface area contributed by atoms with Crippen molar-refractivity contribution in [1.82, 2.24) is 5.32 Å². The first-order chi connectivity index (χ1) is 19.1. The van der Waals surface area contributed by atoms with E-state index >= 15 is 0 Å². The van der Waals surface area contributed by atoms with E-state index in [-0.39, 0.29) is 17.7 Å². The molecule has 2 aromatic carbocycles. The molecule has 3 unspecified atom stereocenters. The number of nitrogens with two attached hydrogens (primary N) is 1. The fraction of sp³-hybridized carbons (Fsp3) is 0.429. The van der Waals surface area contributed by atoms with Gasteiger partial charge >= 0.3 is 6.18 Å². The standard InChI is InChI=1S/C28H28F6N4O3/c1-14-4-2-7-19-21(14)37-26(41)24(36-22(19)16-5-3-6-17(29)11-16)38-25(40)18(8-9-28(32,33)34)20(23(35)39)10-15-12-27(30,31)13-15/h2-7,11,15,18,20,24H,8-10,12-13H2,1H3,(H2,35,39)(H,37,41)(H,38,40). The first kappa shape index (κ1) is 30.1. The van der Waals surface area contributed by atoms with E-state index in [4.69, 9.17) is 5.73 Å². The van der Waals surface area contributed by atoms with Crippen LogP contribution in [0.1, 0.15) is 48.8 Å². The zero-order valence-corrected chi connectivity index (χ0v) is 21.9. The summed E-state index contributed by atoms with van der Waals surface area (Å²) < 4.78 is 80.4. The summed E-state index contributed by atoms with van der Waals surface area (Å²) >= 11 is 0. The lowest BCUT2D eigenvalue weighted by Gasteiger charge is -2.38. The summed E-state index contributed by atoms with van der Waals surface area (Å²) in [7, 11) is 0. The van der Waals surface area contributed by atoms with Crippen LogP contribution >= 0.6 is 0 Å². The number of aliphatic imine (C=N–C) groups is 1. The van der Waals surface area contributed by atoms with E-state index in [1.54, 1.807) is 25.1 Å². The van der Waals surface area contributed by atoms with Crippen LogP contribution in [0.5, 0.6) is 0 Å². The maximum absolute atomic E-state index is 14.1. The van der Waals surface area contributed by atoms with Crippen LogP contribution in [0.25, 0.3) is 0 Å². The second kappa shape index (κ2) is 11.5. The van der Waals surface area contributed by atoms with Gasteiger partial charge in [0.05, 0.1) is 11.4 Å². The molecule has 1 fully saturated rings. The zero-order valence-electron chi connectivity index (χ0n) is 21.9. The molecular weight excluding hydrogens is 554 g/mol. The van der Waals surface area contributed by atoms with Crippen molar-refractivity contribution in [3.05, 3.63) is 65.0 Å². The number of nitrogens with zero attached hydrogens (tertiary/aromatic N) is 1. The molecule has 3 atom stereocenters. The van der Waals surface area contributed by atoms with Crippen molar-refractivity contribution in [2.75, 3.05) is 5.32 Å². The molecule has 1 aliphatic heterocycles. The number of amides is 3. The predicted octanol–water partition coefficient (Wildman–Crippen LogP) is 4.86. The van der Waals surface area contributed by atoms with Gasteiger partial charge in [-0.1, -0.05) is 30.3 Å². The number of benzodiazepines with no additional fused rings is 1. The fourth-order valence-electron chi connectivity index (χ4n) is 5.31. The Morgan fingerprint density at radius 1 is 1.15 bits per heavy atom. The number of hydrogen-bond donors (Lipinski definition) is 3. The van der Waals surface area contributed by atoms with Crippen molar-refractivity contribution in [3.63, 3.8) is 0 Å². The molecule has 0 saturated heterocycles. The highest BCUT2D eigenvalue weighted by Gasteiger charge is 2.48. The summed E-state index contributed by atoms with van der Waals surface area (Å²) in [6, 6.07) is 10.3. The minimum atomic E-state index is -4.69. The molecule has 1 aliphatic carbocycles. The summed E-state index contributed by atoms with van der Waals surface area (Å²) in [6.07, 6.45) is -10.1. The summed E-state index contributed by atoms with van der Waals surface area (Å²) in [4.78, 5) is 43.3. The van der Waals surface area contributed by atoms with Crippen LogP contribution < -0.4 is 16.4 Å². The van der Waals surface area contributed by atoms with Gasteiger partial charge in [0.25, 0.3) is 5.91 Å². The van der Waals surface area contributed by atoms with Gasteiger partial charge < -0.3 is 16.4 Å². The van der Waals surface area contributed by atoms with Gasteiger partial charge in [0.1, 0.15) is 5.82 Å². The van der Waals surface area contributed by atoms with E-state index in [1.165, 1.54) is 24.3 Å². The highest BCUT2D eigenvalue weighted by Crippen LogP contribution is 2.46. The number of para-hydroxylation sites is 1. The predicted molar refractivity (Wildman–Crippen MR) is 138 cm³/mol. The first-order valence-electron chi connectivity index (χ1n) is 12.9. The summed E-state index contributed by atoms with van der Waals surface area (Å²) in [5, 5.41) is 4.97. The third-order valence-corrected chi connectivity index (χ3v) is 7.35. The average Bonchev–Trinajstić information content (AvgIpc) is 2.98. The van der Waals surface area contributed by atoms with Crippen molar-refractivity contribution in [2.45, 2.75) is 57.3 Å². The maximum atomic E-state index is 14.1. The van der Waals surface area contributed by atoms with Gasteiger partial charge in [0.15, 0.2) is 0 Å². The molecular formula is C28H28F6N4O3. The van der Waals surface area contributed by atoms with Gasteiger partial charge in [-0.25, -0.2) is 18.2 Å². The topological polar surface area (TPSA) is 114 Å². The van der Waals surface area contributed by atoms with Crippen molar-refractivity contribution < 1.29 is 40.7 Å². The lowest BCUT2D eigenvalue weighted by molar-refractivity contribution is -0.149. The van der Waals surface area contributed by atoms with Gasteiger partial charge in [0, 0.05) is 42.2 Å². The number of nitrogens with one attached hydrogen (secondary N) is 2. The van der Waals surface area contributed by atoms with Gasteiger partial charge in [0.2, 0.25) is 23.9 Å². The third-order valence-electron chi connectivity index (χ3n) is 7.35. The molecule has 41 heavy (non-hydrogen) atoms. The number of hydrogen-bond acceptors (Lipinski definition) is 4.